The van der Waals surface area contributed by atoms with Gasteiger partial charge in [-0.2, -0.15) is 13.2 Å². The smallest absolute Gasteiger partial charge is 0.425 e. The lowest BCUT2D eigenvalue weighted by molar-refractivity contribution is -0.288. The molecule has 2 N–H and O–H groups in total. The number of carbonyl (C=O) groups is 1. The van der Waals surface area contributed by atoms with Crippen LogP contribution in [-0.2, 0) is 22.2 Å². The van der Waals surface area contributed by atoms with Gasteiger partial charge in [-0.05, 0) is 12.1 Å². The number of imidazole rings is 1. The molecule has 2 aromatic rings. The standard InChI is InChI=1S/C16H18F3N3O3/c1-22-9-8-20-14(22)15(24,16(17,18)19)12(13(23)25-2)10-21-11-6-4-3-5-7-11/h3-9,12,21,24H,10H2,1-2H3/t12-,15-/m1/s1. The van der Waals surface area contributed by atoms with E-state index < -0.39 is 36.0 Å². The Balaban J connectivity index is 2.44. The second kappa shape index (κ2) is 7.14. The summed E-state index contributed by atoms with van der Waals surface area (Å²) in [6.45, 7) is -0.500. The highest BCUT2D eigenvalue weighted by Gasteiger charge is 2.64. The Kier molecular flexibility index (Phi) is 5.36. The summed E-state index contributed by atoms with van der Waals surface area (Å²) in [6.07, 6.45) is -2.78. The summed E-state index contributed by atoms with van der Waals surface area (Å²) in [4.78, 5) is 15.7. The van der Waals surface area contributed by atoms with Crippen LogP contribution in [0.3, 0.4) is 0 Å². The highest BCUT2D eigenvalue weighted by atomic mass is 19.4. The minimum absolute atomic E-state index is 0.500. The Morgan fingerprint density at radius 2 is 2.00 bits per heavy atom. The maximum atomic E-state index is 13.8. The van der Waals surface area contributed by atoms with E-state index in [1.807, 2.05) is 0 Å². The Morgan fingerprint density at radius 1 is 1.36 bits per heavy atom. The summed E-state index contributed by atoms with van der Waals surface area (Å²) in [5.74, 6) is -3.85. The van der Waals surface area contributed by atoms with Crippen LogP contribution in [0, 0.1) is 5.92 Å². The van der Waals surface area contributed by atoms with Crippen LogP contribution >= 0.6 is 0 Å². The lowest BCUT2D eigenvalue weighted by Gasteiger charge is -2.35. The molecule has 136 valence electrons. The monoisotopic (exact) mass is 357 g/mol. The molecular weight excluding hydrogens is 339 g/mol. The predicted molar refractivity (Wildman–Crippen MR) is 83.6 cm³/mol. The van der Waals surface area contributed by atoms with Gasteiger partial charge in [0, 0.05) is 31.7 Å². The third kappa shape index (κ3) is 3.60. The highest BCUT2D eigenvalue weighted by Crippen LogP contribution is 2.44. The Hall–Kier alpha value is -2.55. The van der Waals surface area contributed by atoms with E-state index in [4.69, 9.17) is 0 Å². The second-order valence-corrected chi connectivity index (χ2v) is 5.45. The number of aryl methyl sites for hydroxylation is 1. The number of rotatable bonds is 6. The zero-order valence-electron chi connectivity index (χ0n) is 13.6. The first kappa shape index (κ1) is 18.8. The Bertz CT molecular complexity index is 718. The lowest BCUT2D eigenvalue weighted by Crippen LogP contribution is -2.55. The predicted octanol–water partition coefficient (Wildman–Crippen LogP) is 2.07. The summed E-state index contributed by atoms with van der Waals surface area (Å²) in [7, 11) is 2.27. The van der Waals surface area contributed by atoms with E-state index in [2.05, 4.69) is 15.0 Å². The van der Waals surface area contributed by atoms with Gasteiger partial charge in [0.1, 0.15) is 5.92 Å². The van der Waals surface area contributed by atoms with Gasteiger partial charge in [0.15, 0.2) is 5.82 Å². The quantitative estimate of drug-likeness (QED) is 0.774. The molecule has 0 spiro atoms. The zero-order chi connectivity index (χ0) is 18.7. The summed E-state index contributed by atoms with van der Waals surface area (Å²) in [5, 5.41) is 13.3. The van der Waals surface area contributed by atoms with E-state index in [1.165, 1.54) is 13.2 Å². The number of anilines is 1. The number of halogens is 3. The SMILES string of the molecule is COC(=O)[C@@H](CNc1ccccc1)[C@@](O)(c1nccn1C)C(F)(F)F. The van der Waals surface area contributed by atoms with Gasteiger partial charge in [-0.3, -0.25) is 4.79 Å². The van der Waals surface area contributed by atoms with Crippen LogP contribution in [0.4, 0.5) is 18.9 Å². The van der Waals surface area contributed by atoms with Crippen molar-refractivity contribution in [2.24, 2.45) is 13.0 Å². The molecule has 25 heavy (non-hydrogen) atoms. The maximum Gasteiger partial charge on any atom is 0.425 e. The van der Waals surface area contributed by atoms with E-state index in [-0.39, 0.29) is 0 Å². The summed E-state index contributed by atoms with van der Waals surface area (Å²) in [5.41, 5.74) is -3.01. The van der Waals surface area contributed by atoms with Gasteiger partial charge in [-0.15, -0.1) is 0 Å². The molecule has 0 saturated heterocycles. The highest BCUT2D eigenvalue weighted by molar-refractivity contribution is 5.75. The second-order valence-electron chi connectivity index (χ2n) is 5.45. The molecule has 0 aliphatic rings. The molecule has 0 radical (unpaired) electrons. The van der Waals surface area contributed by atoms with Gasteiger partial charge >= 0.3 is 12.1 Å². The Morgan fingerprint density at radius 3 is 2.48 bits per heavy atom. The number of methoxy groups -OCH3 is 1. The molecular formula is C16H18F3N3O3. The van der Waals surface area contributed by atoms with Crippen molar-refractivity contribution < 1.29 is 27.8 Å². The average Bonchev–Trinajstić information content (AvgIpc) is 3.00. The number of carbonyl (C=O) groups excluding carboxylic acids is 1. The van der Waals surface area contributed by atoms with E-state index in [9.17, 15) is 23.1 Å². The van der Waals surface area contributed by atoms with Crippen LogP contribution < -0.4 is 5.32 Å². The van der Waals surface area contributed by atoms with E-state index in [1.54, 1.807) is 30.3 Å². The molecule has 0 aliphatic carbocycles. The molecule has 0 saturated carbocycles. The maximum absolute atomic E-state index is 13.8. The number of nitrogens with zero attached hydrogens (tertiary/aromatic N) is 2. The van der Waals surface area contributed by atoms with Crippen molar-refractivity contribution in [3.63, 3.8) is 0 Å². The number of ether oxygens (including phenoxy) is 1. The molecule has 6 nitrogen and oxygen atoms in total. The first-order chi connectivity index (χ1) is 11.7. The number of aromatic nitrogens is 2. The largest absolute Gasteiger partial charge is 0.469 e. The molecule has 0 fully saturated rings. The summed E-state index contributed by atoms with van der Waals surface area (Å²) >= 11 is 0. The molecule has 2 rings (SSSR count). The third-order valence-corrected chi connectivity index (χ3v) is 3.87. The molecule has 0 bridgehead atoms. The fraction of sp³-hybridized carbons (Fsp3) is 0.375. The van der Waals surface area contributed by atoms with Crippen LogP contribution in [0.1, 0.15) is 5.82 Å². The molecule has 1 aromatic carbocycles. The number of para-hydroxylation sites is 1. The number of aliphatic hydroxyl groups is 1. The third-order valence-electron chi connectivity index (χ3n) is 3.87. The minimum atomic E-state index is -5.15. The number of hydrogen-bond acceptors (Lipinski definition) is 5. The molecule has 0 unspecified atom stereocenters. The number of alkyl halides is 3. The van der Waals surface area contributed by atoms with Crippen molar-refractivity contribution in [2.45, 2.75) is 11.8 Å². The first-order valence-corrected chi connectivity index (χ1v) is 7.35. The van der Waals surface area contributed by atoms with E-state index in [0.29, 0.717) is 5.69 Å². The fourth-order valence-corrected chi connectivity index (χ4v) is 2.53. The van der Waals surface area contributed by atoms with Gasteiger partial charge in [0.05, 0.1) is 7.11 Å². The topological polar surface area (TPSA) is 76.4 Å². The number of esters is 1. The zero-order valence-corrected chi connectivity index (χ0v) is 13.6. The van der Waals surface area contributed by atoms with Crippen LogP contribution in [0.25, 0.3) is 0 Å². The molecule has 0 aliphatic heterocycles. The number of benzene rings is 1. The number of hydrogen-bond donors (Lipinski definition) is 2. The fourth-order valence-electron chi connectivity index (χ4n) is 2.53. The minimum Gasteiger partial charge on any atom is -0.469 e. The summed E-state index contributed by atoms with van der Waals surface area (Å²) in [6, 6.07) is 8.36. The summed E-state index contributed by atoms with van der Waals surface area (Å²) < 4.78 is 46.9. The molecule has 1 heterocycles. The van der Waals surface area contributed by atoms with Crippen molar-refractivity contribution in [2.75, 3.05) is 19.0 Å². The van der Waals surface area contributed by atoms with Crippen molar-refractivity contribution in [1.29, 1.82) is 0 Å². The Labute approximate surface area is 142 Å². The van der Waals surface area contributed by atoms with Gasteiger partial charge in [-0.25, -0.2) is 4.98 Å². The van der Waals surface area contributed by atoms with Gasteiger partial charge in [0.2, 0.25) is 5.60 Å². The van der Waals surface area contributed by atoms with Crippen molar-refractivity contribution in [3.05, 3.63) is 48.5 Å². The van der Waals surface area contributed by atoms with Crippen LogP contribution in [0.5, 0.6) is 0 Å². The van der Waals surface area contributed by atoms with E-state index >= 15 is 0 Å². The van der Waals surface area contributed by atoms with Gasteiger partial charge in [-0.1, -0.05) is 18.2 Å². The van der Waals surface area contributed by atoms with Crippen LogP contribution in [0.15, 0.2) is 42.7 Å². The van der Waals surface area contributed by atoms with Crippen LogP contribution in [0.2, 0.25) is 0 Å². The molecule has 9 heteroatoms. The number of nitrogens with one attached hydrogen (secondary N) is 1. The average molecular weight is 357 g/mol. The van der Waals surface area contributed by atoms with Gasteiger partial charge < -0.3 is 19.7 Å². The van der Waals surface area contributed by atoms with Gasteiger partial charge in [0.25, 0.3) is 0 Å². The normalized spacial score (nSPS) is 15.3. The van der Waals surface area contributed by atoms with Crippen LogP contribution in [-0.4, -0.2) is 40.5 Å². The first-order valence-electron chi connectivity index (χ1n) is 7.35. The molecule has 0 amide bonds. The van der Waals surface area contributed by atoms with Crippen molar-refractivity contribution in [3.8, 4) is 0 Å². The molecule has 1 aromatic heterocycles. The van der Waals surface area contributed by atoms with E-state index in [0.717, 1.165) is 17.9 Å². The van der Waals surface area contributed by atoms with Crippen molar-refractivity contribution in [1.82, 2.24) is 9.55 Å². The van der Waals surface area contributed by atoms with Crippen molar-refractivity contribution >= 4 is 11.7 Å². The lowest BCUT2D eigenvalue weighted by atomic mass is 9.85. The molecule has 2 atom stereocenters.